The van der Waals surface area contributed by atoms with E-state index in [4.69, 9.17) is 0 Å². The Labute approximate surface area is 127 Å². The van der Waals surface area contributed by atoms with Crippen LogP contribution < -0.4 is 5.32 Å². The molecule has 1 saturated heterocycles. The second kappa shape index (κ2) is 6.58. The lowest BCUT2D eigenvalue weighted by molar-refractivity contribution is -0.128. The number of aryl methyl sites for hydroxylation is 1. The lowest BCUT2D eigenvalue weighted by atomic mass is 10.2. The average Bonchev–Trinajstić information content (AvgIpc) is 2.69. The molecule has 0 spiro atoms. The molecule has 1 aliphatic heterocycles. The molecule has 6 heteroatoms. The third-order valence-electron chi connectivity index (χ3n) is 3.02. The number of benzene rings is 1. The number of rotatable bonds is 5. The van der Waals surface area contributed by atoms with Crippen molar-refractivity contribution in [1.29, 1.82) is 0 Å². The molecule has 1 N–H and O–H groups in total. The predicted molar refractivity (Wildman–Crippen MR) is 83.1 cm³/mol. The molecule has 21 heavy (non-hydrogen) atoms. The van der Waals surface area contributed by atoms with E-state index in [1.54, 1.807) is 12.1 Å². The van der Waals surface area contributed by atoms with Gasteiger partial charge in [0.05, 0.1) is 0 Å². The molecule has 3 amide bonds. The smallest absolute Gasteiger partial charge is 0.289 e. The second-order valence-corrected chi connectivity index (χ2v) is 5.88. The SMILES string of the molecule is C=CCN1C(=O)S[C@H](CC(=O)Nc2ccc(C)cc2)C1=O. The fourth-order valence-corrected chi connectivity index (χ4v) is 2.94. The van der Waals surface area contributed by atoms with Crippen molar-refractivity contribution in [3.05, 3.63) is 42.5 Å². The molecule has 1 aliphatic rings. The van der Waals surface area contributed by atoms with E-state index in [2.05, 4.69) is 11.9 Å². The molecule has 0 unspecified atom stereocenters. The van der Waals surface area contributed by atoms with Crippen molar-refractivity contribution in [1.82, 2.24) is 4.90 Å². The van der Waals surface area contributed by atoms with Gasteiger partial charge < -0.3 is 5.32 Å². The number of hydrogen-bond donors (Lipinski definition) is 1. The number of amides is 3. The van der Waals surface area contributed by atoms with Crippen molar-refractivity contribution in [2.24, 2.45) is 0 Å². The first-order valence-corrected chi connectivity index (χ1v) is 7.38. The van der Waals surface area contributed by atoms with E-state index in [1.807, 2.05) is 19.1 Å². The summed E-state index contributed by atoms with van der Waals surface area (Å²) in [7, 11) is 0. The van der Waals surface area contributed by atoms with Crippen LogP contribution >= 0.6 is 11.8 Å². The third kappa shape index (κ3) is 3.72. The van der Waals surface area contributed by atoms with Crippen molar-refractivity contribution in [2.75, 3.05) is 11.9 Å². The summed E-state index contributed by atoms with van der Waals surface area (Å²) in [5, 5.41) is 1.75. The molecule has 0 bridgehead atoms. The molecule has 0 aromatic heterocycles. The first-order valence-electron chi connectivity index (χ1n) is 6.50. The first-order chi connectivity index (χ1) is 10.0. The van der Waals surface area contributed by atoms with E-state index in [0.717, 1.165) is 22.2 Å². The van der Waals surface area contributed by atoms with Crippen molar-refractivity contribution < 1.29 is 14.4 Å². The summed E-state index contributed by atoms with van der Waals surface area (Å²) in [5.41, 5.74) is 1.77. The Balaban J connectivity index is 1.94. The van der Waals surface area contributed by atoms with E-state index in [1.165, 1.54) is 6.08 Å². The zero-order valence-corrected chi connectivity index (χ0v) is 12.5. The zero-order chi connectivity index (χ0) is 15.4. The number of anilines is 1. The van der Waals surface area contributed by atoms with Crippen LogP contribution in [0.4, 0.5) is 10.5 Å². The van der Waals surface area contributed by atoms with Crippen LogP contribution in [-0.4, -0.2) is 33.7 Å². The van der Waals surface area contributed by atoms with Gasteiger partial charge in [0.25, 0.3) is 5.24 Å². The van der Waals surface area contributed by atoms with Crippen molar-refractivity contribution in [3.63, 3.8) is 0 Å². The van der Waals surface area contributed by atoms with E-state index < -0.39 is 5.25 Å². The van der Waals surface area contributed by atoms with Gasteiger partial charge in [-0.3, -0.25) is 19.3 Å². The molecule has 1 fully saturated rings. The number of nitrogens with zero attached hydrogens (tertiary/aromatic N) is 1. The van der Waals surface area contributed by atoms with Gasteiger partial charge in [0, 0.05) is 18.7 Å². The largest absolute Gasteiger partial charge is 0.326 e. The number of hydrogen-bond acceptors (Lipinski definition) is 4. The molecular formula is C15H16N2O3S. The van der Waals surface area contributed by atoms with Gasteiger partial charge in [-0.1, -0.05) is 35.5 Å². The molecule has 0 radical (unpaired) electrons. The van der Waals surface area contributed by atoms with Gasteiger partial charge in [-0.2, -0.15) is 0 Å². The van der Waals surface area contributed by atoms with Crippen LogP contribution in [0.2, 0.25) is 0 Å². The van der Waals surface area contributed by atoms with Crippen molar-refractivity contribution in [2.45, 2.75) is 18.6 Å². The number of thioether (sulfide) groups is 1. The average molecular weight is 304 g/mol. The highest BCUT2D eigenvalue weighted by molar-refractivity contribution is 8.15. The molecule has 1 aromatic carbocycles. The van der Waals surface area contributed by atoms with Crippen LogP contribution in [0.1, 0.15) is 12.0 Å². The van der Waals surface area contributed by atoms with Gasteiger partial charge in [0.15, 0.2) is 0 Å². The number of carbonyl (C=O) groups is 3. The summed E-state index contributed by atoms with van der Waals surface area (Å²) in [6.45, 7) is 5.65. The number of nitrogens with one attached hydrogen (secondary N) is 1. The Bertz CT molecular complexity index is 583. The topological polar surface area (TPSA) is 66.5 Å². The van der Waals surface area contributed by atoms with Crippen LogP contribution in [0.15, 0.2) is 36.9 Å². The molecule has 110 valence electrons. The molecule has 0 saturated carbocycles. The molecule has 5 nitrogen and oxygen atoms in total. The highest BCUT2D eigenvalue weighted by Gasteiger charge is 2.39. The maximum atomic E-state index is 12.0. The Morgan fingerprint density at radius 2 is 2.05 bits per heavy atom. The minimum atomic E-state index is -0.650. The molecule has 0 aliphatic carbocycles. The van der Waals surface area contributed by atoms with E-state index >= 15 is 0 Å². The highest BCUT2D eigenvalue weighted by atomic mass is 32.2. The van der Waals surface area contributed by atoms with Crippen LogP contribution in [0, 0.1) is 6.92 Å². The minimum absolute atomic E-state index is 0.0171. The van der Waals surface area contributed by atoms with Crippen LogP contribution in [-0.2, 0) is 9.59 Å². The summed E-state index contributed by atoms with van der Waals surface area (Å²) in [5.74, 6) is -0.609. The Morgan fingerprint density at radius 3 is 2.67 bits per heavy atom. The number of carbonyl (C=O) groups excluding carboxylic acids is 3. The van der Waals surface area contributed by atoms with E-state index in [9.17, 15) is 14.4 Å². The summed E-state index contributed by atoms with van der Waals surface area (Å²) in [4.78, 5) is 36.7. The van der Waals surface area contributed by atoms with Gasteiger partial charge in [0.2, 0.25) is 11.8 Å². The summed E-state index contributed by atoms with van der Waals surface area (Å²) >= 11 is 0.892. The Morgan fingerprint density at radius 1 is 1.38 bits per heavy atom. The maximum absolute atomic E-state index is 12.0. The molecule has 2 rings (SSSR count). The summed E-state index contributed by atoms with van der Waals surface area (Å²) in [6, 6.07) is 7.37. The normalized spacial score (nSPS) is 18.0. The van der Waals surface area contributed by atoms with Crippen molar-refractivity contribution >= 4 is 34.5 Å². The van der Waals surface area contributed by atoms with Gasteiger partial charge in [-0.05, 0) is 19.1 Å². The van der Waals surface area contributed by atoms with Gasteiger partial charge in [-0.15, -0.1) is 6.58 Å². The maximum Gasteiger partial charge on any atom is 0.289 e. The lowest BCUT2D eigenvalue weighted by Gasteiger charge is -2.11. The summed E-state index contributed by atoms with van der Waals surface area (Å²) in [6.07, 6.45) is 1.47. The van der Waals surface area contributed by atoms with Gasteiger partial charge in [-0.25, -0.2) is 0 Å². The summed E-state index contributed by atoms with van der Waals surface area (Å²) < 4.78 is 0. The van der Waals surface area contributed by atoms with Crippen LogP contribution in [0.25, 0.3) is 0 Å². The van der Waals surface area contributed by atoms with Gasteiger partial charge in [0.1, 0.15) is 5.25 Å². The highest BCUT2D eigenvalue weighted by Crippen LogP contribution is 2.29. The monoisotopic (exact) mass is 304 g/mol. The van der Waals surface area contributed by atoms with E-state index in [-0.39, 0.29) is 30.0 Å². The fourth-order valence-electron chi connectivity index (χ4n) is 1.94. The third-order valence-corrected chi connectivity index (χ3v) is 4.10. The van der Waals surface area contributed by atoms with Gasteiger partial charge >= 0.3 is 0 Å². The van der Waals surface area contributed by atoms with E-state index in [0.29, 0.717) is 5.69 Å². The Hall–Kier alpha value is -2.08. The fraction of sp³-hybridized carbons (Fsp3) is 0.267. The second-order valence-electron chi connectivity index (χ2n) is 4.73. The minimum Gasteiger partial charge on any atom is -0.326 e. The van der Waals surface area contributed by atoms with Crippen molar-refractivity contribution in [3.8, 4) is 0 Å². The molecule has 1 heterocycles. The zero-order valence-electron chi connectivity index (χ0n) is 11.7. The number of imide groups is 1. The quantitative estimate of drug-likeness (QED) is 0.849. The first kappa shape index (κ1) is 15.3. The molecular weight excluding hydrogens is 288 g/mol. The molecule has 1 aromatic rings. The standard InChI is InChI=1S/C15H16N2O3S/c1-3-8-17-14(19)12(21-15(17)20)9-13(18)16-11-6-4-10(2)5-7-11/h3-7,12H,1,8-9H2,2H3,(H,16,18)/t12-/m1/s1. The predicted octanol–water partition coefficient (Wildman–Crippen LogP) is 2.57. The van der Waals surface area contributed by atoms with Crippen LogP contribution in [0.3, 0.4) is 0 Å². The Kier molecular flexibility index (Phi) is 4.80. The van der Waals surface area contributed by atoms with Crippen LogP contribution in [0.5, 0.6) is 0 Å². The lowest BCUT2D eigenvalue weighted by Crippen LogP contribution is -2.33. The molecule has 1 atom stereocenters.